The van der Waals surface area contributed by atoms with Crippen LogP contribution < -0.4 is 10.1 Å². The minimum absolute atomic E-state index is 0.0503. The first-order valence-corrected chi connectivity index (χ1v) is 11.3. The van der Waals surface area contributed by atoms with Crippen LogP contribution in [-0.2, 0) is 9.84 Å². The number of para-hydroxylation sites is 1. The Kier molecular flexibility index (Phi) is 4.59. The molecule has 1 saturated heterocycles. The molecule has 1 N–H and O–H groups in total. The van der Waals surface area contributed by atoms with Gasteiger partial charge in [-0.15, -0.1) is 0 Å². The molecule has 0 bridgehead atoms. The summed E-state index contributed by atoms with van der Waals surface area (Å²) in [7, 11) is -2.99. The summed E-state index contributed by atoms with van der Waals surface area (Å²) < 4.78 is 29.6. The van der Waals surface area contributed by atoms with Crippen LogP contribution in [0.1, 0.15) is 50.1 Å². The van der Waals surface area contributed by atoms with Crippen molar-refractivity contribution in [2.24, 2.45) is 0 Å². The van der Waals surface area contributed by atoms with Crippen LogP contribution in [0.3, 0.4) is 0 Å². The van der Waals surface area contributed by atoms with Crippen molar-refractivity contribution >= 4 is 15.9 Å². The van der Waals surface area contributed by atoms with Gasteiger partial charge in [0.25, 0.3) is 0 Å². The molecule has 1 aliphatic carbocycles. The van der Waals surface area contributed by atoms with E-state index in [-0.39, 0.29) is 42.3 Å². The van der Waals surface area contributed by atoms with Crippen LogP contribution in [0.15, 0.2) is 24.3 Å². The molecular formula is C19H26N2O4S. The van der Waals surface area contributed by atoms with Crippen LogP contribution in [-0.4, -0.2) is 49.5 Å². The third kappa shape index (κ3) is 3.54. The van der Waals surface area contributed by atoms with Crippen LogP contribution in [0, 0.1) is 0 Å². The highest BCUT2D eigenvalue weighted by atomic mass is 32.2. The summed E-state index contributed by atoms with van der Waals surface area (Å²) >= 11 is 0. The fourth-order valence-corrected chi connectivity index (χ4v) is 5.61. The van der Waals surface area contributed by atoms with E-state index in [0.717, 1.165) is 43.4 Å². The average molecular weight is 378 g/mol. The zero-order valence-corrected chi connectivity index (χ0v) is 15.8. The van der Waals surface area contributed by atoms with Crippen LogP contribution in [0.25, 0.3) is 0 Å². The Bertz CT molecular complexity index is 772. The number of urea groups is 1. The van der Waals surface area contributed by atoms with Crippen molar-refractivity contribution in [3.05, 3.63) is 29.8 Å². The van der Waals surface area contributed by atoms with E-state index in [1.54, 1.807) is 4.90 Å². The SMILES string of the molecule is O=C(N[C@H]1CC2(CCCCC2)Oc2ccccc21)N1CCS(=O)(=O)CC1. The Hall–Kier alpha value is -1.76. The van der Waals surface area contributed by atoms with Gasteiger partial charge in [0.2, 0.25) is 0 Å². The maximum absolute atomic E-state index is 12.7. The average Bonchev–Trinajstić information content (AvgIpc) is 2.62. The first-order valence-electron chi connectivity index (χ1n) is 9.50. The molecule has 1 aromatic carbocycles. The van der Waals surface area contributed by atoms with Gasteiger partial charge in [-0.3, -0.25) is 0 Å². The predicted molar refractivity (Wildman–Crippen MR) is 99.0 cm³/mol. The first-order chi connectivity index (χ1) is 12.5. The number of fused-ring (bicyclic) bond motifs is 1. The first kappa shape index (κ1) is 17.6. The van der Waals surface area contributed by atoms with Gasteiger partial charge in [-0.1, -0.05) is 24.6 Å². The van der Waals surface area contributed by atoms with Crippen molar-refractivity contribution in [1.29, 1.82) is 0 Å². The molecule has 1 atom stereocenters. The molecule has 2 fully saturated rings. The molecular weight excluding hydrogens is 352 g/mol. The van der Waals surface area contributed by atoms with Gasteiger partial charge in [0.15, 0.2) is 9.84 Å². The summed E-state index contributed by atoms with van der Waals surface area (Å²) in [5, 5.41) is 3.16. The molecule has 0 aromatic heterocycles. The molecule has 1 aromatic rings. The van der Waals surface area contributed by atoms with Gasteiger partial charge >= 0.3 is 6.03 Å². The Morgan fingerprint density at radius 3 is 2.54 bits per heavy atom. The standard InChI is InChI=1S/C19H26N2O4S/c22-18(21-10-12-26(23,24)13-11-21)20-16-14-19(8-4-1-5-9-19)25-17-7-3-2-6-15(16)17/h2-3,6-7,16H,1,4-5,8-14H2,(H,20,22)/t16-/m0/s1. The molecule has 0 radical (unpaired) electrons. The lowest BCUT2D eigenvalue weighted by Gasteiger charge is -2.45. The number of nitrogens with one attached hydrogen (secondary N) is 1. The molecule has 142 valence electrons. The van der Waals surface area contributed by atoms with E-state index in [2.05, 4.69) is 5.32 Å². The molecule has 0 unspecified atom stereocenters. The molecule has 26 heavy (non-hydrogen) atoms. The number of amides is 2. The number of sulfone groups is 1. The Balaban J connectivity index is 1.52. The monoisotopic (exact) mass is 378 g/mol. The molecule has 6 nitrogen and oxygen atoms in total. The van der Waals surface area contributed by atoms with E-state index >= 15 is 0 Å². The quantitative estimate of drug-likeness (QED) is 0.815. The van der Waals surface area contributed by atoms with Gasteiger partial charge in [-0.25, -0.2) is 13.2 Å². The molecule has 1 saturated carbocycles. The lowest BCUT2D eigenvalue weighted by molar-refractivity contribution is -0.00170. The number of nitrogens with zero attached hydrogens (tertiary/aromatic N) is 1. The van der Waals surface area contributed by atoms with E-state index < -0.39 is 9.84 Å². The largest absolute Gasteiger partial charge is 0.487 e. The molecule has 7 heteroatoms. The molecule has 3 aliphatic rings. The minimum atomic E-state index is -2.99. The van der Waals surface area contributed by atoms with Gasteiger partial charge in [-0.2, -0.15) is 0 Å². The summed E-state index contributed by atoms with van der Waals surface area (Å²) in [4.78, 5) is 14.4. The number of ether oxygens (including phenoxy) is 1. The third-order valence-electron chi connectivity index (χ3n) is 5.89. The van der Waals surface area contributed by atoms with Crippen LogP contribution in [0.4, 0.5) is 4.79 Å². The predicted octanol–water partition coefficient (Wildman–Crippen LogP) is 2.65. The van der Waals surface area contributed by atoms with Crippen molar-refractivity contribution in [3.63, 3.8) is 0 Å². The summed E-state index contributed by atoms with van der Waals surface area (Å²) in [6.07, 6.45) is 6.39. The number of carbonyl (C=O) groups excluding carboxylic acids is 1. The number of benzene rings is 1. The lowest BCUT2D eigenvalue weighted by atomic mass is 9.77. The van der Waals surface area contributed by atoms with Gasteiger partial charge in [0.1, 0.15) is 11.4 Å². The second-order valence-electron chi connectivity index (χ2n) is 7.73. The second-order valence-corrected chi connectivity index (χ2v) is 10.0. The number of hydrogen-bond donors (Lipinski definition) is 1. The zero-order valence-electron chi connectivity index (χ0n) is 14.9. The van der Waals surface area contributed by atoms with Crippen molar-refractivity contribution < 1.29 is 17.9 Å². The highest BCUT2D eigenvalue weighted by molar-refractivity contribution is 7.91. The van der Waals surface area contributed by atoms with Crippen molar-refractivity contribution in [1.82, 2.24) is 10.2 Å². The molecule has 2 heterocycles. The zero-order chi connectivity index (χ0) is 18.2. The van der Waals surface area contributed by atoms with Gasteiger partial charge in [-0.05, 0) is 31.7 Å². The lowest BCUT2D eigenvalue weighted by Crippen LogP contribution is -2.51. The molecule has 2 amide bonds. The summed E-state index contributed by atoms with van der Waals surface area (Å²) in [5.41, 5.74) is 0.831. The normalized spacial score (nSPS) is 26.6. The Morgan fingerprint density at radius 2 is 1.81 bits per heavy atom. The highest BCUT2D eigenvalue weighted by Gasteiger charge is 2.42. The fraction of sp³-hybridized carbons (Fsp3) is 0.632. The van der Waals surface area contributed by atoms with Crippen molar-refractivity contribution in [2.75, 3.05) is 24.6 Å². The minimum Gasteiger partial charge on any atom is -0.487 e. The fourth-order valence-electron chi connectivity index (χ4n) is 4.41. The molecule has 1 spiro atoms. The van der Waals surface area contributed by atoms with Gasteiger partial charge in [0.05, 0.1) is 17.5 Å². The van der Waals surface area contributed by atoms with Crippen molar-refractivity contribution in [3.8, 4) is 5.75 Å². The number of hydrogen-bond acceptors (Lipinski definition) is 4. The summed E-state index contributed by atoms with van der Waals surface area (Å²) in [6, 6.07) is 7.66. The van der Waals surface area contributed by atoms with E-state index in [1.165, 1.54) is 6.42 Å². The summed E-state index contributed by atoms with van der Waals surface area (Å²) in [5.74, 6) is 0.968. The van der Waals surface area contributed by atoms with E-state index in [9.17, 15) is 13.2 Å². The highest BCUT2D eigenvalue weighted by Crippen LogP contribution is 2.46. The molecule has 2 aliphatic heterocycles. The van der Waals surface area contributed by atoms with Crippen molar-refractivity contribution in [2.45, 2.75) is 50.2 Å². The maximum Gasteiger partial charge on any atom is 0.317 e. The number of carbonyl (C=O) groups is 1. The van der Waals surface area contributed by atoms with E-state index in [0.29, 0.717) is 0 Å². The second kappa shape index (κ2) is 6.76. The Morgan fingerprint density at radius 1 is 1.12 bits per heavy atom. The van der Waals surface area contributed by atoms with E-state index in [1.807, 2.05) is 24.3 Å². The number of rotatable bonds is 1. The van der Waals surface area contributed by atoms with Gasteiger partial charge < -0.3 is 15.0 Å². The topological polar surface area (TPSA) is 75.7 Å². The maximum atomic E-state index is 12.7. The van der Waals surface area contributed by atoms with Crippen LogP contribution in [0.2, 0.25) is 0 Å². The van der Waals surface area contributed by atoms with E-state index in [4.69, 9.17) is 4.74 Å². The van der Waals surface area contributed by atoms with Crippen LogP contribution in [0.5, 0.6) is 5.75 Å². The smallest absolute Gasteiger partial charge is 0.317 e. The van der Waals surface area contributed by atoms with Crippen LogP contribution >= 0.6 is 0 Å². The molecule has 4 rings (SSSR count). The van der Waals surface area contributed by atoms with Gasteiger partial charge in [0, 0.05) is 25.1 Å². The third-order valence-corrected chi connectivity index (χ3v) is 7.50. The Labute approximate surface area is 154 Å². The summed E-state index contributed by atoms with van der Waals surface area (Å²) in [6.45, 7) is 0.536.